The number of ether oxygens (including phenoxy) is 4. The van der Waals surface area contributed by atoms with E-state index in [1.807, 2.05) is 25.2 Å². The zero-order valence-electron chi connectivity index (χ0n) is 19.2. The maximum atomic E-state index is 7.00. The minimum atomic E-state index is -0.0573. The summed E-state index contributed by atoms with van der Waals surface area (Å²) in [6, 6.07) is 0. The first kappa shape index (κ1) is 27.3. The normalized spacial score (nSPS) is 17.4. The van der Waals surface area contributed by atoms with Crippen LogP contribution < -0.4 is 0 Å². The molecule has 0 aliphatic carbocycles. The molecule has 0 fully saturated rings. The van der Waals surface area contributed by atoms with Gasteiger partial charge >= 0.3 is 0 Å². The molecule has 0 N–H and O–H groups in total. The van der Waals surface area contributed by atoms with Crippen LogP contribution in [0.3, 0.4) is 0 Å². The predicted molar refractivity (Wildman–Crippen MR) is 120 cm³/mol. The Morgan fingerprint density at radius 2 is 1.41 bits per heavy atom. The minimum absolute atomic E-state index is 0.00280. The number of hydrogen-bond donors (Lipinski definition) is 0. The van der Waals surface area contributed by atoms with Gasteiger partial charge in [0.05, 0.1) is 31.0 Å². The van der Waals surface area contributed by atoms with Crippen LogP contribution in [0.2, 0.25) is 0 Å². The van der Waals surface area contributed by atoms with E-state index in [9.17, 15) is 0 Å². The molecule has 4 atom stereocenters. The first-order chi connectivity index (χ1) is 13.8. The molecule has 0 aromatic rings. The second-order valence-electron chi connectivity index (χ2n) is 7.25. The smallest absolute Gasteiger partial charge is 0.162 e. The molecule has 0 aromatic carbocycles. The second kappa shape index (κ2) is 16.1. The number of nitrogens with zero attached hydrogens (tertiary/aromatic N) is 1. The van der Waals surface area contributed by atoms with Crippen molar-refractivity contribution in [3.05, 3.63) is 59.1 Å². The van der Waals surface area contributed by atoms with Gasteiger partial charge in [0.1, 0.15) is 0 Å². The fourth-order valence-corrected chi connectivity index (χ4v) is 3.13. The van der Waals surface area contributed by atoms with Crippen molar-refractivity contribution in [3.63, 3.8) is 0 Å². The number of allylic oxidation sites excluding steroid dienone is 5. The summed E-state index contributed by atoms with van der Waals surface area (Å²) >= 11 is 0. The van der Waals surface area contributed by atoms with E-state index in [-0.39, 0.29) is 24.4 Å². The van der Waals surface area contributed by atoms with Crippen molar-refractivity contribution in [2.75, 3.05) is 28.4 Å². The van der Waals surface area contributed by atoms with Gasteiger partial charge in [-0.15, -0.1) is 6.58 Å². The summed E-state index contributed by atoms with van der Waals surface area (Å²) in [5.74, 6) is 0. The lowest BCUT2D eigenvalue weighted by Gasteiger charge is -2.27. The van der Waals surface area contributed by atoms with E-state index in [0.717, 1.165) is 36.8 Å². The van der Waals surface area contributed by atoms with Crippen LogP contribution >= 0.6 is 0 Å². The molecule has 0 unspecified atom stereocenters. The third kappa shape index (κ3) is 11.8. The lowest BCUT2D eigenvalue weighted by molar-refractivity contribution is -0.0263. The summed E-state index contributed by atoms with van der Waals surface area (Å²) in [5, 5.41) is 0. The minimum Gasteiger partial charge on any atom is -0.381 e. The molecule has 0 radical (unpaired) electrons. The topological polar surface area (TPSA) is 41.3 Å². The molecule has 0 saturated heterocycles. The summed E-state index contributed by atoms with van der Waals surface area (Å²) in [6.45, 7) is 16.7. The molecule has 0 amide bonds. The molecule has 5 heteroatoms. The van der Waals surface area contributed by atoms with Gasteiger partial charge in [-0.3, -0.25) is 0 Å². The third-order valence-electron chi connectivity index (χ3n) is 4.97. The monoisotopic (exact) mass is 405 g/mol. The van der Waals surface area contributed by atoms with Crippen LogP contribution in [-0.2, 0) is 18.9 Å². The van der Waals surface area contributed by atoms with E-state index in [1.54, 1.807) is 35.4 Å². The second-order valence-corrected chi connectivity index (χ2v) is 7.25. The molecule has 0 rings (SSSR count). The first-order valence-electron chi connectivity index (χ1n) is 9.97. The van der Waals surface area contributed by atoms with Crippen molar-refractivity contribution in [2.45, 2.75) is 70.9 Å². The van der Waals surface area contributed by atoms with Crippen LogP contribution in [0.5, 0.6) is 0 Å². The Labute approximate surface area is 177 Å². The fraction of sp³-hybridized carbons (Fsp3) is 0.625. The summed E-state index contributed by atoms with van der Waals surface area (Å²) in [7, 11) is 6.89. The molecular formula is C24H39NO4. The highest BCUT2D eigenvalue weighted by atomic mass is 16.5. The molecule has 0 aliphatic rings. The number of methoxy groups -OCH3 is 4. The van der Waals surface area contributed by atoms with Crippen molar-refractivity contribution in [2.24, 2.45) is 0 Å². The highest BCUT2D eigenvalue weighted by molar-refractivity contribution is 5.28. The maximum Gasteiger partial charge on any atom is 0.162 e. The molecule has 0 aromatic heterocycles. The molecule has 0 saturated carbocycles. The van der Waals surface area contributed by atoms with Crippen molar-refractivity contribution in [1.82, 2.24) is 0 Å². The van der Waals surface area contributed by atoms with E-state index in [1.165, 1.54) is 0 Å². The zero-order valence-corrected chi connectivity index (χ0v) is 19.2. The quantitative estimate of drug-likeness (QED) is 0.205. The average molecular weight is 406 g/mol. The van der Waals surface area contributed by atoms with E-state index >= 15 is 0 Å². The van der Waals surface area contributed by atoms with Crippen molar-refractivity contribution in [1.29, 1.82) is 0 Å². The SMILES string of the molecule is [C-]#[N+]\C(C)=C/C=C(C)/C=C(\C)[C@H](C[C@H](C[C@H](C[C@H](CC=C)OC)OC)OC)OC. The highest BCUT2D eigenvalue weighted by Crippen LogP contribution is 2.22. The van der Waals surface area contributed by atoms with Gasteiger partial charge in [-0.1, -0.05) is 29.9 Å². The first-order valence-corrected chi connectivity index (χ1v) is 9.97. The molecule has 0 aliphatic heterocycles. The summed E-state index contributed by atoms with van der Waals surface area (Å²) < 4.78 is 22.7. The fourth-order valence-electron chi connectivity index (χ4n) is 3.13. The Morgan fingerprint density at radius 1 is 0.862 bits per heavy atom. The molecular weight excluding hydrogens is 366 g/mol. The van der Waals surface area contributed by atoms with Crippen molar-refractivity contribution in [3.8, 4) is 0 Å². The summed E-state index contributed by atoms with van der Waals surface area (Å²) in [6.07, 6.45) is 10.9. The lowest BCUT2D eigenvalue weighted by atomic mass is 9.96. The van der Waals surface area contributed by atoms with E-state index in [4.69, 9.17) is 25.5 Å². The predicted octanol–water partition coefficient (Wildman–Crippen LogP) is 5.51. The van der Waals surface area contributed by atoms with E-state index in [2.05, 4.69) is 24.4 Å². The molecule has 0 spiro atoms. The average Bonchev–Trinajstić information content (AvgIpc) is 2.73. The van der Waals surface area contributed by atoms with Gasteiger partial charge in [0, 0.05) is 41.3 Å². The lowest BCUT2D eigenvalue weighted by Crippen LogP contribution is -2.30. The zero-order chi connectivity index (χ0) is 22.2. The van der Waals surface area contributed by atoms with Crippen molar-refractivity contribution >= 4 is 0 Å². The Kier molecular flexibility index (Phi) is 15.2. The number of hydrogen-bond acceptors (Lipinski definition) is 4. The summed E-state index contributed by atoms with van der Waals surface area (Å²) in [5.41, 5.74) is 2.85. The molecule has 164 valence electrons. The van der Waals surface area contributed by atoms with Gasteiger partial charge < -0.3 is 18.9 Å². The highest BCUT2D eigenvalue weighted by Gasteiger charge is 2.23. The largest absolute Gasteiger partial charge is 0.381 e. The Hall–Kier alpha value is -1.71. The molecule has 0 bridgehead atoms. The van der Waals surface area contributed by atoms with Crippen LogP contribution in [0.4, 0.5) is 0 Å². The van der Waals surface area contributed by atoms with Gasteiger partial charge in [0.25, 0.3) is 0 Å². The van der Waals surface area contributed by atoms with E-state index < -0.39 is 0 Å². The maximum absolute atomic E-state index is 7.00. The molecule has 0 heterocycles. The van der Waals surface area contributed by atoms with Crippen LogP contribution in [0, 0.1) is 6.57 Å². The van der Waals surface area contributed by atoms with Crippen LogP contribution in [0.25, 0.3) is 4.85 Å². The molecule has 29 heavy (non-hydrogen) atoms. The van der Waals surface area contributed by atoms with Gasteiger partial charge in [-0.05, 0) is 39.2 Å². The van der Waals surface area contributed by atoms with Gasteiger partial charge in [-0.25, -0.2) is 4.85 Å². The third-order valence-corrected chi connectivity index (χ3v) is 4.97. The number of rotatable bonds is 15. The van der Waals surface area contributed by atoms with Crippen molar-refractivity contribution < 1.29 is 18.9 Å². The summed E-state index contributed by atoms with van der Waals surface area (Å²) in [4.78, 5) is 3.39. The van der Waals surface area contributed by atoms with Gasteiger partial charge in [0.2, 0.25) is 0 Å². The van der Waals surface area contributed by atoms with Crippen LogP contribution in [0.1, 0.15) is 46.5 Å². The van der Waals surface area contributed by atoms with Gasteiger partial charge in [-0.2, -0.15) is 0 Å². The standard InChI is InChI=1S/C24H39NO4/c1-10-11-21(26-6)15-22(27-7)16-23(28-8)17-24(29-9)19(3)14-18(2)12-13-20(4)25-5/h10,12-14,21-24H,1,11,15-17H2,2-4,6-9H3/b18-12+,19-14+,20-13-/t21-,22-,23-,24-/m0/s1. The Morgan fingerprint density at radius 3 is 1.90 bits per heavy atom. The Bertz CT molecular complexity index is 600. The van der Waals surface area contributed by atoms with E-state index in [0.29, 0.717) is 5.70 Å². The van der Waals surface area contributed by atoms with Crippen LogP contribution in [-0.4, -0.2) is 52.9 Å². The van der Waals surface area contributed by atoms with Crippen LogP contribution in [0.15, 0.2) is 47.7 Å². The molecule has 5 nitrogen and oxygen atoms in total. The van der Waals surface area contributed by atoms with Gasteiger partial charge in [0.15, 0.2) is 5.70 Å². The Balaban J connectivity index is 5.10.